The Balaban J connectivity index is 1.64. The minimum atomic E-state index is -0.529. The normalized spacial score (nSPS) is 15.0. The topological polar surface area (TPSA) is 79.4 Å². The van der Waals surface area contributed by atoms with Crippen molar-refractivity contribution >= 4 is 39.9 Å². The van der Waals surface area contributed by atoms with Crippen LogP contribution in [0.5, 0.6) is 5.75 Å². The molecule has 1 amide bonds. The van der Waals surface area contributed by atoms with E-state index >= 15 is 0 Å². The molecule has 168 valence electrons. The molecule has 0 spiro atoms. The molecule has 4 rings (SSSR count). The predicted molar refractivity (Wildman–Crippen MR) is 123 cm³/mol. The monoisotopic (exact) mass is 457 g/mol. The highest BCUT2D eigenvalue weighted by atomic mass is 35.5. The Hall–Kier alpha value is -2.97. The van der Waals surface area contributed by atoms with E-state index in [0.29, 0.717) is 17.9 Å². The molecule has 2 N–H and O–H groups in total. The molecule has 2 heterocycles. The van der Waals surface area contributed by atoms with Gasteiger partial charge >= 0.3 is 0 Å². The van der Waals surface area contributed by atoms with Gasteiger partial charge in [0.2, 0.25) is 5.91 Å². The Morgan fingerprint density at radius 3 is 2.78 bits per heavy atom. The molecule has 0 saturated carbocycles. The number of likely N-dealkylation sites (N-methyl/N-ethyl adjacent to an activating group) is 1. The number of methoxy groups -OCH3 is 1. The van der Waals surface area contributed by atoms with Crippen LogP contribution in [0.4, 0.5) is 15.9 Å². The lowest BCUT2D eigenvalue weighted by Crippen LogP contribution is -2.40. The van der Waals surface area contributed by atoms with Gasteiger partial charge in [-0.25, -0.2) is 14.4 Å². The van der Waals surface area contributed by atoms with E-state index in [0.717, 1.165) is 42.6 Å². The van der Waals surface area contributed by atoms with Crippen LogP contribution in [0, 0.1) is 5.82 Å². The van der Waals surface area contributed by atoms with Crippen molar-refractivity contribution in [2.24, 2.45) is 0 Å². The number of carbonyl (C=O) groups excluding carboxylic acids is 1. The molecule has 1 saturated heterocycles. The third-order valence-corrected chi connectivity index (χ3v) is 6.16. The first-order chi connectivity index (χ1) is 15.5. The molecule has 9 heteroatoms. The molecular formula is C23H25ClFN5O2. The van der Waals surface area contributed by atoms with Crippen LogP contribution in [-0.4, -0.2) is 54.6 Å². The van der Waals surface area contributed by atoms with Crippen LogP contribution < -0.4 is 15.4 Å². The second-order valence-corrected chi connectivity index (χ2v) is 8.19. The molecule has 3 aromatic rings. The summed E-state index contributed by atoms with van der Waals surface area (Å²) in [7, 11) is 3.30. The lowest BCUT2D eigenvalue weighted by Gasteiger charge is -2.32. The second-order valence-electron chi connectivity index (χ2n) is 7.78. The smallest absolute Gasteiger partial charge is 0.233 e. The van der Waals surface area contributed by atoms with Crippen molar-refractivity contribution in [3.63, 3.8) is 0 Å². The van der Waals surface area contributed by atoms with Crippen molar-refractivity contribution in [3.05, 3.63) is 53.1 Å². The van der Waals surface area contributed by atoms with Crippen molar-refractivity contribution in [1.29, 1.82) is 0 Å². The van der Waals surface area contributed by atoms with E-state index < -0.39 is 5.82 Å². The molecule has 32 heavy (non-hydrogen) atoms. The maximum Gasteiger partial charge on any atom is 0.233 e. The number of fused-ring (bicyclic) bond motifs is 1. The van der Waals surface area contributed by atoms with Crippen LogP contribution in [-0.2, 0) is 4.79 Å². The van der Waals surface area contributed by atoms with Crippen LogP contribution in [0.2, 0.25) is 5.02 Å². The number of anilines is 2. The summed E-state index contributed by atoms with van der Waals surface area (Å²) in [6.07, 6.45) is 3.24. The molecule has 0 bridgehead atoms. The van der Waals surface area contributed by atoms with Gasteiger partial charge in [-0.3, -0.25) is 9.69 Å². The van der Waals surface area contributed by atoms with Crippen molar-refractivity contribution in [2.45, 2.75) is 18.8 Å². The van der Waals surface area contributed by atoms with E-state index in [1.165, 1.54) is 12.4 Å². The van der Waals surface area contributed by atoms with Gasteiger partial charge in [-0.2, -0.15) is 0 Å². The highest BCUT2D eigenvalue weighted by Crippen LogP contribution is 2.38. The number of ether oxygens (including phenoxy) is 1. The summed E-state index contributed by atoms with van der Waals surface area (Å²) in [5, 5.41) is 6.54. The zero-order valence-electron chi connectivity index (χ0n) is 18.0. The highest BCUT2D eigenvalue weighted by molar-refractivity contribution is 6.31. The SMILES string of the molecule is CNC(=O)CN1CCC(c2cc3c(Nc4cccc(Cl)c4F)ncnc3cc2OC)CC1. The van der Waals surface area contributed by atoms with E-state index in [2.05, 4.69) is 25.5 Å². The first-order valence-corrected chi connectivity index (χ1v) is 10.8. The zero-order chi connectivity index (χ0) is 22.7. The van der Waals surface area contributed by atoms with Crippen LogP contribution in [0.3, 0.4) is 0 Å². The molecule has 0 aliphatic carbocycles. The Bertz CT molecular complexity index is 1130. The summed E-state index contributed by atoms with van der Waals surface area (Å²) in [5.74, 6) is 1.02. The van der Waals surface area contributed by atoms with Crippen LogP contribution >= 0.6 is 11.6 Å². The van der Waals surface area contributed by atoms with Gasteiger partial charge in [-0.1, -0.05) is 17.7 Å². The van der Waals surface area contributed by atoms with Crippen molar-refractivity contribution in [2.75, 3.05) is 39.1 Å². The van der Waals surface area contributed by atoms with Crippen molar-refractivity contribution < 1.29 is 13.9 Å². The van der Waals surface area contributed by atoms with E-state index in [4.69, 9.17) is 16.3 Å². The molecular weight excluding hydrogens is 433 g/mol. The molecule has 2 aromatic carbocycles. The van der Waals surface area contributed by atoms with Crippen LogP contribution in [0.15, 0.2) is 36.7 Å². The molecule has 1 fully saturated rings. The van der Waals surface area contributed by atoms with Gasteiger partial charge in [0.25, 0.3) is 0 Å². The fourth-order valence-corrected chi connectivity index (χ4v) is 4.28. The van der Waals surface area contributed by atoms with E-state index in [9.17, 15) is 9.18 Å². The summed E-state index contributed by atoms with van der Waals surface area (Å²) >= 11 is 5.92. The Morgan fingerprint density at radius 2 is 2.06 bits per heavy atom. The van der Waals surface area contributed by atoms with Gasteiger partial charge in [0.05, 0.1) is 29.9 Å². The average Bonchev–Trinajstić information content (AvgIpc) is 2.81. The van der Waals surface area contributed by atoms with Crippen molar-refractivity contribution in [1.82, 2.24) is 20.2 Å². The number of carbonyl (C=O) groups is 1. The predicted octanol–water partition coefficient (Wildman–Crippen LogP) is 4.10. The van der Waals surface area contributed by atoms with Crippen LogP contribution in [0.25, 0.3) is 10.9 Å². The molecule has 1 aliphatic rings. The largest absolute Gasteiger partial charge is 0.496 e. The number of likely N-dealkylation sites (tertiary alicyclic amines) is 1. The van der Waals surface area contributed by atoms with Gasteiger partial charge in [-0.05, 0) is 55.6 Å². The summed E-state index contributed by atoms with van der Waals surface area (Å²) in [5.41, 5.74) is 2.00. The first-order valence-electron chi connectivity index (χ1n) is 10.5. The van der Waals surface area contributed by atoms with E-state index in [-0.39, 0.29) is 22.5 Å². The lowest BCUT2D eigenvalue weighted by atomic mass is 9.88. The third kappa shape index (κ3) is 4.61. The van der Waals surface area contributed by atoms with Crippen LogP contribution in [0.1, 0.15) is 24.3 Å². The van der Waals surface area contributed by atoms with Gasteiger partial charge in [0, 0.05) is 18.5 Å². The lowest BCUT2D eigenvalue weighted by molar-refractivity contribution is -0.122. The summed E-state index contributed by atoms with van der Waals surface area (Å²) in [4.78, 5) is 22.5. The number of hydrogen-bond donors (Lipinski definition) is 2. The average molecular weight is 458 g/mol. The molecule has 0 radical (unpaired) electrons. The maximum absolute atomic E-state index is 14.4. The Labute approximate surface area is 190 Å². The second kappa shape index (κ2) is 9.67. The Morgan fingerprint density at radius 1 is 1.28 bits per heavy atom. The minimum Gasteiger partial charge on any atom is -0.496 e. The number of aromatic nitrogens is 2. The molecule has 0 unspecified atom stereocenters. The molecule has 1 aromatic heterocycles. The number of piperidine rings is 1. The van der Waals surface area contributed by atoms with E-state index in [1.54, 1.807) is 26.3 Å². The number of benzene rings is 2. The molecule has 0 atom stereocenters. The third-order valence-electron chi connectivity index (χ3n) is 5.86. The quantitative estimate of drug-likeness (QED) is 0.580. The number of rotatable bonds is 6. The summed E-state index contributed by atoms with van der Waals surface area (Å²) < 4.78 is 20.1. The number of amides is 1. The summed E-state index contributed by atoms with van der Waals surface area (Å²) in [6.45, 7) is 2.05. The van der Waals surface area contributed by atoms with Gasteiger partial charge in [-0.15, -0.1) is 0 Å². The number of nitrogens with zero attached hydrogens (tertiary/aromatic N) is 3. The standard InChI is InChI=1S/C23H25ClFN5O2/c1-26-21(31)12-30-8-6-14(7-9-30)15-10-16-19(11-20(15)32-2)27-13-28-23(16)29-18-5-3-4-17(24)22(18)25/h3-5,10-11,13-14H,6-9,12H2,1-2H3,(H,26,31)(H,27,28,29). The fourth-order valence-electron chi connectivity index (χ4n) is 4.11. The van der Waals surface area contributed by atoms with Crippen molar-refractivity contribution in [3.8, 4) is 5.75 Å². The molecule has 1 aliphatic heterocycles. The first kappa shape index (κ1) is 22.2. The zero-order valence-corrected chi connectivity index (χ0v) is 18.7. The minimum absolute atomic E-state index is 0.0212. The van der Waals surface area contributed by atoms with Gasteiger partial charge in [0.15, 0.2) is 5.82 Å². The Kier molecular flexibility index (Phi) is 6.72. The number of nitrogens with one attached hydrogen (secondary N) is 2. The number of halogens is 2. The fraction of sp³-hybridized carbons (Fsp3) is 0.348. The maximum atomic E-state index is 14.4. The van der Waals surface area contributed by atoms with Gasteiger partial charge < -0.3 is 15.4 Å². The van der Waals surface area contributed by atoms with Gasteiger partial charge in [0.1, 0.15) is 17.9 Å². The van der Waals surface area contributed by atoms with E-state index in [1.807, 2.05) is 12.1 Å². The number of hydrogen-bond acceptors (Lipinski definition) is 6. The summed E-state index contributed by atoms with van der Waals surface area (Å²) in [6, 6.07) is 8.71. The molecule has 7 nitrogen and oxygen atoms in total. The highest BCUT2D eigenvalue weighted by Gasteiger charge is 2.25.